The van der Waals surface area contributed by atoms with Crippen LogP contribution in [-0.2, 0) is 38.6 Å². The number of thiophene rings is 1. The van der Waals surface area contributed by atoms with Crippen LogP contribution in [0.1, 0.15) is 28.1 Å². The quantitative estimate of drug-likeness (QED) is 0.0768. The molecule has 0 unspecified atom stereocenters. The molecule has 0 spiro atoms. The van der Waals surface area contributed by atoms with Gasteiger partial charge in [0.2, 0.25) is 5.88 Å². The number of fused-ring (bicyclic) bond motifs is 6. The van der Waals surface area contributed by atoms with Crippen LogP contribution in [0, 0.1) is 19.2 Å². The Morgan fingerprint density at radius 2 is 0.904 bits per heavy atom. The second-order valence-corrected chi connectivity index (χ2v) is 17.6. The molecule has 366 valence electrons. The van der Waals surface area contributed by atoms with Crippen molar-refractivity contribution in [3.63, 3.8) is 0 Å². The molecule has 0 amide bonds. The molecule has 20 heteroatoms. The van der Waals surface area contributed by atoms with Crippen molar-refractivity contribution in [3.8, 4) is 22.2 Å². The Bertz CT molecular complexity index is 3780. The summed E-state index contributed by atoms with van der Waals surface area (Å²) < 4.78 is 127. The number of hydrogen-bond donors (Lipinski definition) is 2. The molecule has 0 radical (unpaired) electrons. The van der Waals surface area contributed by atoms with Crippen LogP contribution in [-0.4, -0.2) is 30.6 Å². The van der Waals surface area contributed by atoms with Gasteiger partial charge in [-0.15, -0.1) is 20.3 Å². The van der Waals surface area contributed by atoms with Gasteiger partial charge in [-0.1, -0.05) is 107 Å². The van der Waals surface area contributed by atoms with Gasteiger partial charge in [-0.25, -0.2) is 26.6 Å². The minimum Gasteiger partial charge on any atom is -0.436 e. The summed E-state index contributed by atoms with van der Waals surface area (Å²) in [4.78, 5) is 1.30. The van der Waals surface area contributed by atoms with Gasteiger partial charge in [-0.2, -0.15) is 87.1 Å². The minimum atomic E-state index is -5.71. The molecular weight excluding hydrogens is 1200 g/mol. The van der Waals surface area contributed by atoms with Gasteiger partial charge in [0.05, 0.1) is 29.1 Å². The Labute approximate surface area is 436 Å². The maximum absolute atomic E-state index is 13.8. The first-order valence-corrected chi connectivity index (χ1v) is 22.7. The van der Waals surface area contributed by atoms with Gasteiger partial charge in [0.25, 0.3) is 0 Å². The summed E-state index contributed by atoms with van der Waals surface area (Å²) >= 11 is 9.54. The van der Waals surface area contributed by atoms with E-state index in [-0.39, 0.29) is 37.3 Å². The van der Waals surface area contributed by atoms with E-state index in [1.807, 2.05) is 24.3 Å². The SMILES string of the molecule is FC(F)(F)c1cc(C(F)(F)F)c(C(F)(F)F)cc1Oc1nnc(-c2[c-]ccs2)c2cc3ccccc3cc12.[CH-]=C(S)c1nncc2cc3ccccc3cc12.[CH-]=C(S)c1nncc2cc3ccccc3cc12.[Ir+3]. The van der Waals surface area contributed by atoms with E-state index in [4.69, 9.17) is 17.9 Å². The minimum absolute atomic E-state index is 0. The predicted octanol–water partition coefficient (Wildman–Crippen LogP) is 16.1. The molecule has 0 fully saturated rings. The molecule has 0 saturated carbocycles. The number of aromatic nitrogens is 6. The maximum Gasteiger partial charge on any atom is 3.00 e. The molecule has 11 rings (SSSR count). The fraction of sp³-hybridized carbons (Fsp3) is 0.0566. The van der Waals surface area contributed by atoms with Crippen LogP contribution < -0.4 is 4.74 Å². The molecule has 7 aromatic carbocycles. The Hall–Kier alpha value is -6.96. The van der Waals surface area contributed by atoms with Gasteiger partial charge in [-0.3, -0.25) is 13.2 Å². The Balaban J connectivity index is 0.000000167. The van der Waals surface area contributed by atoms with E-state index in [0.29, 0.717) is 42.2 Å². The molecule has 0 N–H and O–H groups in total. The zero-order valence-corrected chi connectivity index (χ0v) is 41.6. The van der Waals surface area contributed by atoms with E-state index in [9.17, 15) is 39.5 Å². The molecule has 4 aromatic heterocycles. The van der Waals surface area contributed by atoms with Gasteiger partial charge in [0, 0.05) is 11.1 Å². The number of alkyl halides is 9. The van der Waals surface area contributed by atoms with E-state index in [1.165, 1.54) is 28.2 Å². The Morgan fingerprint density at radius 3 is 1.32 bits per heavy atom. The molecule has 0 bridgehead atoms. The van der Waals surface area contributed by atoms with E-state index >= 15 is 0 Å². The normalized spacial score (nSPS) is 11.8. The maximum atomic E-state index is 13.8. The van der Waals surface area contributed by atoms with Crippen molar-refractivity contribution >= 4 is 111 Å². The standard InChI is InChI=1S/C25H10F9N2OS.2C14H9N2S.Ir/c26-23(27,28)16-10-18(25(32,33)34)19(11-17(16)24(29,30)31)37-22-15-9-13-5-2-1-4-12(13)8-14(15)21(35-36-22)20-6-3-7-38-20;2*1-9(17)14-13-7-11-5-3-2-4-10(11)6-12(13)8-15-16-14;/h1-5,7-11H;2*1-8,17H;/q3*-1;+3. The van der Waals surface area contributed by atoms with Crippen molar-refractivity contribution in [1.82, 2.24) is 30.6 Å². The summed E-state index contributed by atoms with van der Waals surface area (Å²) in [7, 11) is 0. The number of ether oxygens (including phenoxy) is 1. The molecule has 7 nitrogen and oxygen atoms in total. The number of rotatable bonds is 5. The van der Waals surface area contributed by atoms with Crippen LogP contribution in [0.2, 0.25) is 0 Å². The molecule has 11 aromatic rings. The van der Waals surface area contributed by atoms with Crippen LogP contribution in [0.3, 0.4) is 0 Å². The third kappa shape index (κ3) is 11.2. The first-order valence-electron chi connectivity index (χ1n) is 20.9. The van der Waals surface area contributed by atoms with E-state index in [0.717, 1.165) is 32.3 Å². The van der Waals surface area contributed by atoms with Crippen LogP contribution in [0.15, 0.2) is 145 Å². The third-order valence-corrected chi connectivity index (χ3v) is 12.3. The van der Waals surface area contributed by atoms with Gasteiger partial charge >= 0.3 is 38.6 Å². The van der Waals surface area contributed by atoms with Gasteiger partial charge in [0.1, 0.15) is 5.75 Å². The summed E-state index contributed by atoms with van der Waals surface area (Å²) in [6.45, 7) is 11.4. The van der Waals surface area contributed by atoms with E-state index < -0.39 is 52.9 Å². The van der Waals surface area contributed by atoms with E-state index in [2.05, 4.69) is 110 Å². The molecule has 73 heavy (non-hydrogen) atoms. The van der Waals surface area contributed by atoms with Crippen LogP contribution in [0.4, 0.5) is 39.5 Å². The number of halogens is 9. The summed E-state index contributed by atoms with van der Waals surface area (Å²) in [6, 6.07) is 38.2. The van der Waals surface area contributed by atoms with Crippen LogP contribution in [0.5, 0.6) is 11.6 Å². The average molecular weight is 1220 g/mol. The Kier molecular flexibility index (Phi) is 15.0. The van der Waals surface area contributed by atoms with E-state index in [1.54, 1.807) is 54.2 Å². The Morgan fingerprint density at radius 1 is 0.493 bits per heavy atom. The van der Waals surface area contributed by atoms with Gasteiger partial charge in [-0.05, 0) is 90.2 Å². The van der Waals surface area contributed by atoms with Crippen molar-refractivity contribution in [3.05, 3.63) is 192 Å². The largest absolute Gasteiger partial charge is 3.00 e. The smallest absolute Gasteiger partial charge is 0.436 e. The summed E-state index contributed by atoms with van der Waals surface area (Å²) in [5.41, 5.74) is -5.32. The van der Waals surface area contributed by atoms with Crippen molar-refractivity contribution in [2.45, 2.75) is 18.5 Å². The predicted molar refractivity (Wildman–Crippen MR) is 268 cm³/mol. The zero-order chi connectivity index (χ0) is 51.1. The number of benzene rings is 7. The fourth-order valence-corrected chi connectivity index (χ4v) is 8.81. The van der Waals surface area contributed by atoms with Crippen molar-refractivity contribution in [1.29, 1.82) is 0 Å². The fourth-order valence-electron chi connectivity index (χ4n) is 7.81. The summed E-state index contributed by atoms with van der Waals surface area (Å²) in [6.07, 6.45) is -13.4. The first-order chi connectivity index (χ1) is 34.2. The van der Waals surface area contributed by atoms with Crippen molar-refractivity contribution in [2.24, 2.45) is 0 Å². The van der Waals surface area contributed by atoms with Gasteiger partial charge < -0.3 is 4.74 Å². The number of nitrogens with zero attached hydrogens (tertiary/aromatic N) is 6. The van der Waals surface area contributed by atoms with Crippen molar-refractivity contribution < 1.29 is 64.4 Å². The average Bonchev–Trinajstić information content (AvgIpc) is 3.88. The summed E-state index contributed by atoms with van der Waals surface area (Å²) in [5.74, 6) is -2.12. The summed E-state index contributed by atoms with van der Waals surface area (Å²) in [5, 5.41) is 35.8. The number of hydrogen-bond acceptors (Lipinski definition) is 10. The monoisotopic (exact) mass is 1220 g/mol. The topological polar surface area (TPSA) is 86.6 Å². The van der Waals surface area contributed by atoms with Crippen LogP contribution in [0.25, 0.3) is 85.0 Å². The molecule has 0 saturated heterocycles. The molecular formula is C53H28F9IrN6OS3. The first kappa shape index (κ1) is 52.4. The molecule has 0 aliphatic carbocycles. The second kappa shape index (κ2) is 20.9. The molecule has 0 aliphatic heterocycles. The second-order valence-electron chi connectivity index (χ2n) is 15.7. The third-order valence-electron chi connectivity index (χ3n) is 11.1. The number of thiol groups is 2. The molecule has 0 aliphatic rings. The van der Waals surface area contributed by atoms with Gasteiger partial charge in [0.15, 0.2) is 0 Å². The van der Waals surface area contributed by atoms with Crippen LogP contribution >= 0.6 is 36.6 Å². The molecule has 0 atom stereocenters. The molecule has 4 heterocycles. The van der Waals surface area contributed by atoms with Crippen molar-refractivity contribution in [2.75, 3.05) is 0 Å². The zero-order valence-electron chi connectivity index (χ0n) is 36.6.